The third kappa shape index (κ3) is 4.49. The highest BCUT2D eigenvalue weighted by molar-refractivity contribution is 7.89. The Morgan fingerprint density at radius 1 is 0.900 bits per heavy atom. The van der Waals surface area contributed by atoms with Gasteiger partial charge in [-0.05, 0) is 25.3 Å². The number of piperazine rings is 1. The molecule has 3 heterocycles. The number of aromatic nitrogens is 1. The lowest BCUT2D eigenvalue weighted by Gasteiger charge is -2.38. The molecule has 0 bridgehead atoms. The standard InChI is InChI=1S/C20H33N5O4S/c1-4-25(5-2)30(28,29)17-15-18(21(3)16-17)19(26)22-11-13-24(14-12-22)20(27)23-9-7-6-8-10-23/h15-16H,4-14H2,1-3H3. The van der Waals surface area contributed by atoms with E-state index in [9.17, 15) is 18.0 Å². The van der Waals surface area contributed by atoms with Gasteiger partial charge in [0, 0.05) is 65.6 Å². The Morgan fingerprint density at radius 2 is 1.43 bits per heavy atom. The van der Waals surface area contributed by atoms with Crippen molar-refractivity contribution in [3.8, 4) is 0 Å². The second-order valence-corrected chi connectivity index (χ2v) is 9.81. The van der Waals surface area contributed by atoms with Gasteiger partial charge in [0.25, 0.3) is 5.91 Å². The lowest BCUT2D eigenvalue weighted by atomic mass is 10.1. The lowest BCUT2D eigenvalue weighted by Crippen LogP contribution is -2.54. The number of nitrogens with zero attached hydrogens (tertiary/aromatic N) is 5. The number of sulfonamides is 1. The average Bonchev–Trinajstić information content (AvgIpc) is 3.16. The minimum atomic E-state index is -3.62. The van der Waals surface area contributed by atoms with Gasteiger partial charge in [-0.2, -0.15) is 4.31 Å². The van der Waals surface area contributed by atoms with Crippen LogP contribution >= 0.6 is 0 Å². The fourth-order valence-corrected chi connectivity index (χ4v) is 5.68. The molecule has 10 heteroatoms. The lowest BCUT2D eigenvalue weighted by molar-refractivity contribution is 0.0624. The summed E-state index contributed by atoms with van der Waals surface area (Å²) in [7, 11) is -1.93. The van der Waals surface area contributed by atoms with Crippen LogP contribution in [0.4, 0.5) is 4.79 Å². The molecule has 0 aromatic carbocycles. The molecular formula is C20H33N5O4S. The molecule has 3 amide bonds. The van der Waals surface area contributed by atoms with E-state index in [2.05, 4.69) is 0 Å². The van der Waals surface area contributed by atoms with Crippen LogP contribution in [-0.4, -0.2) is 96.3 Å². The minimum Gasteiger partial charge on any atom is -0.345 e. The minimum absolute atomic E-state index is 0.0632. The number of hydrogen-bond acceptors (Lipinski definition) is 4. The number of likely N-dealkylation sites (tertiary alicyclic amines) is 1. The molecule has 30 heavy (non-hydrogen) atoms. The van der Waals surface area contributed by atoms with Crippen LogP contribution in [0.15, 0.2) is 17.2 Å². The van der Waals surface area contributed by atoms with E-state index in [1.165, 1.54) is 23.0 Å². The summed E-state index contributed by atoms with van der Waals surface area (Å²) in [6, 6.07) is 1.52. The maximum atomic E-state index is 13.0. The van der Waals surface area contributed by atoms with E-state index in [4.69, 9.17) is 0 Å². The maximum absolute atomic E-state index is 13.0. The molecule has 168 valence electrons. The van der Waals surface area contributed by atoms with E-state index in [1.54, 1.807) is 30.4 Å². The van der Waals surface area contributed by atoms with Crippen LogP contribution in [0.25, 0.3) is 0 Å². The summed E-state index contributed by atoms with van der Waals surface area (Å²) in [5.41, 5.74) is 0.344. The number of amides is 3. The summed E-state index contributed by atoms with van der Waals surface area (Å²) < 4.78 is 28.5. The van der Waals surface area contributed by atoms with E-state index in [1.807, 2.05) is 9.80 Å². The summed E-state index contributed by atoms with van der Waals surface area (Å²) in [5, 5.41) is 0. The molecule has 2 saturated heterocycles. The van der Waals surface area contributed by atoms with Crippen molar-refractivity contribution in [3.05, 3.63) is 18.0 Å². The second kappa shape index (κ2) is 9.38. The zero-order valence-electron chi connectivity index (χ0n) is 18.2. The van der Waals surface area contributed by atoms with Crippen LogP contribution < -0.4 is 0 Å². The molecule has 9 nitrogen and oxygen atoms in total. The molecule has 1 aromatic heterocycles. The molecular weight excluding hydrogens is 406 g/mol. The zero-order valence-corrected chi connectivity index (χ0v) is 19.0. The number of carbonyl (C=O) groups excluding carboxylic acids is 2. The van der Waals surface area contributed by atoms with Crippen molar-refractivity contribution in [2.45, 2.75) is 38.0 Å². The van der Waals surface area contributed by atoms with Crippen LogP contribution in [0.2, 0.25) is 0 Å². The second-order valence-electron chi connectivity index (χ2n) is 7.87. The van der Waals surface area contributed by atoms with Crippen molar-refractivity contribution in [1.82, 2.24) is 23.6 Å². The normalized spacial score (nSPS) is 18.2. The molecule has 2 aliphatic rings. The Bertz CT molecular complexity index is 864. The van der Waals surface area contributed by atoms with Gasteiger partial charge in [-0.3, -0.25) is 4.79 Å². The van der Waals surface area contributed by atoms with Gasteiger partial charge in [0.1, 0.15) is 10.6 Å². The third-order valence-corrected chi connectivity index (χ3v) is 8.02. The summed E-state index contributed by atoms with van der Waals surface area (Å²) in [6.45, 7) is 7.85. The van der Waals surface area contributed by atoms with Gasteiger partial charge in [-0.15, -0.1) is 0 Å². The van der Waals surface area contributed by atoms with Crippen LogP contribution in [-0.2, 0) is 17.1 Å². The van der Waals surface area contributed by atoms with Crippen LogP contribution in [0.5, 0.6) is 0 Å². The van der Waals surface area contributed by atoms with Crippen LogP contribution in [0.3, 0.4) is 0 Å². The first kappa shape index (κ1) is 22.6. The number of aryl methyl sites for hydroxylation is 1. The molecule has 0 spiro atoms. The number of piperidine rings is 1. The molecule has 0 atom stereocenters. The number of rotatable bonds is 5. The third-order valence-electron chi connectivity index (χ3n) is 6.01. The first-order chi connectivity index (χ1) is 14.3. The van der Waals surface area contributed by atoms with Gasteiger partial charge >= 0.3 is 6.03 Å². The van der Waals surface area contributed by atoms with Crippen molar-refractivity contribution >= 4 is 22.0 Å². The van der Waals surface area contributed by atoms with E-state index >= 15 is 0 Å². The van der Waals surface area contributed by atoms with Crippen molar-refractivity contribution in [1.29, 1.82) is 0 Å². The van der Waals surface area contributed by atoms with Gasteiger partial charge < -0.3 is 19.3 Å². The Kier molecular flexibility index (Phi) is 7.07. The monoisotopic (exact) mass is 439 g/mol. The highest BCUT2D eigenvalue weighted by Crippen LogP contribution is 2.20. The average molecular weight is 440 g/mol. The Morgan fingerprint density at radius 3 is 2.00 bits per heavy atom. The highest BCUT2D eigenvalue weighted by Gasteiger charge is 2.31. The molecule has 1 aromatic rings. The quantitative estimate of drug-likeness (QED) is 0.694. The van der Waals surface area contributed by atoms with E-state index < -0.39 is 10.0 Å². The predicted octanol–water partition coefficient (Wildman–Crippen LogP) is 1.42. The maximum Gasteiger partial charge on any atom is 0.320 e. The Balaban J connectivity index is 1.65. The highest BCUT2D eigenvalue weighted by atomic mass is 32.2. The number of urea groups is 1. The first-order valence-corrected chi connectivity index (χ1v) is 12.2. The van der Waals surface area contributed by atoms with Crippen molar-refractivity contribution in [2.24, 2.45) is 7.05 Å². The van der Waals surface area contributed by atoms with Gasteiger partial charge in [-0.25, -0.2) is 13.2 Å². The number of carbonyl (C=O) groups is 2. The zero-order chi connectivity index (χ0) is 21.9. The van der Waals surface area contributed by atoms with Crippen molar-refractivity contribution in [2.75, 3.05) is 52.4 Å². The summed E-state index contributed by atoms with van der Waals surface area (Å²) >= 11 is 0. The summed E-state index contributed by atoms with van der Waals surface area (Å²) in [5.74, 6) is -0.205. The molecule has 2 fully saturated rings. The molecule has 0 saturated carbocycles. The first-order valence-electron chi connectivity index (χ1n) is 10.8. The van der Waals surface area contributed by atoms with Crippen molar-refractivity contribution in [3.63, 3.8) is 0 Å². The Hall–Kier alpha value is -2.07. The molecule has 0 N–H and O–H groups in total. The van der Waals surface area contributed by atoms with Gasteiger partial charge in [-0.1, -0.05) is 13.8 Å². The molecule has 0 radical (unpaired) electrons. The predicted molar refractivity (Wildman–Crippen MR) is 114 cm³/mol. The van der Waals surface area contributed by atoms with Crippen molar-refractivity contribution < 1.29 is 18.0 Å². The summed E-state index contributed by atoms with van der Waals surface area (Å²) in [6.07, 6.45) is 4.78. The van der Waals surface area contributed by atoms with Crippen LogP contribution in [0, 0.1) is 0 Å². The smallest absolute Gasteiger partial charge is 0.320 e. The van der Waals surface area contributed by atoms with Crippen LogP contribution in [0.1, 0.15) is 43.6 Å². The SMILES string of the molecule is CCN(CC)S(=O)(=O)c1cc(C(=O)N2CCN(C(=O)N3CCCCC3)CC2)n(C)c1. The molecule has 0 unspecified atom stereocenters. The Labute approximate surface area is 179 Å². The molecule has 3 rings (SSSR count). The molecule has 2 aliphatic heterocycles. The summed E-state index contributed by atoms with van der Waals surface area (Å²) in [4.78, 5) is 31.2. The topological polar surface area (TPSA) is 86.2 Å². The molecule has 0 aliphatic carbocycles. The van der Waals surface area contributed by atoms with Gasteiger partial charge in [0.2, 0.25) is 10.0 Å². The fourth-order valence-electron chi connectivity index (χ4n) is 4.15. The fraction of sp³-hybridized carbons (Fsp3) is 0.700. The van der Waals surface area contributed by atoms with E-state index in [-0.39, 0.29) is 16.8 Å². The van der Waals surface area contributed by atoms with Gasteiger partial charge in [0.15, 0.2) is 0 Å². The largest absolute Gasteiger partial charge is 0.345 e. The van der Waals surface area contributed by atoms with E-state index in [0.29, 0.717) is 45.0 Å². The van der Waals surface area contributed by atoms with E-state index in [0.717, 1.165) is 25.9 Å². The van der Waals surface area contributed by atoms with Gasteiger partial charge in [0.05, 0.1) is 0 Å². The number of hydrogen-bond donors (Lipinski definition) is 0.